The maximum atomic E-state index is 12.9. The van der Waals surface area contributed by atoms with E-state index in [1.807, 2.05) is 32.0 Å². The smallest absolute Gasteiger partial charge is 0.207 e. The number of hydrogen-bond acceptors (Lipinski definition) is 2. The molecular weight excluding hydrogens is 353 g/mol. The van der Waals surface area contributed by atoms with Crippen molar-refractivity contribution in [3.63, 3.8) is 0 Å². The fourth-order valence-electron chi connectivity index (χ4n) is 2.91. The molecule has 1 saturated heterocycles. The van der Waals surface area contributed by atoms with Crippen LogP contribution in [0.2, 0.25) is 10.0 Å². The summed E-state index contributed by atoms with van der Waals surface area (Å²) in [6.45, 7) is 3.91. The molecule has 2 aromatic carbocycles. The molecule has 3 nitrogen and oxygen atoms in total. The standard InChI is InChI=1S/C17H17Cl2NO2S/c1-3-16-17(14-9-6-12(18)10-15(14)19)20(16)23(21,22)13-7-4-11(2)5-8-13/h4-10,16-17H,3H2,1-2H3. The van der Waals surface area contributed by atoms with Crippen molar-refractivity contribution in [1.82, 2.24) is 4.31 Å². The predicted octanol–water partition coefficient (Wildman–Crippen LogP) is 4.83. The van der Waals surface area contributed by atoms with Crippen LogP contribution in [0.3, 0.4) is 0 Å². The molecule has 0 spiro atoms. The Kier molecular flexibility index (Phi) is 4.45. The van der Waals surface area contributed by atoms with Crippen LogP contribution in [0, 0.1) is 6.92 Å². The van der Waals surface area contributed by atoms with Crippen molar-refractivity contribution in [1.29, 1.82) is 0 Å². The number of sulfonamides is 1. The van der Waals surface area contributed by atoms with Gasteiger partial charge in [-0.15, -0.1) is 0 Å². The Bertz CT molecular complexity index is 834. The van der Waals surface area contributed by atoms with Gasteiger partial charge in [0, 0.05) is 16.1 Å². The van der Waals surface area contributed by atoms with Gasteiger partial charge >= 0.3 is 0 Å². The Morgan fingerprint density at radius 3 is 2.30 bits per heavy atom. The van der Waals surface area contributed by atoms with Gasteiger partial charge in [0.25, 0.3) is 0 Å². The lowest BCUT2D eigenvalue weighted by molar-refractivity contribution is 0.544. The number of halogens is 2. The van der Waals surface area contributed by atoms with Crippen molar-refractivity contribution in [3.05, 3.63) is 63.6 Å². The third-order valence-electron chi connectivity index (χ3n) is 4.17. The van der Waals surface area contributed by atoms with Gasteiger partial charge in [-0.3, -0.25) is 0 Å². The zero-order valence-electron chi connectivity index (χ0n) is 12.8. The van der Waals surface area contributed by atoms with Crippen LogP contribution in [0.4, 0.5) is 0 Å². The summed E-state index contributed by atoms with van der Waals surface area (Å²) in [7, 11) is -3.53. The van der Waals surface area contributed by atoms with Crippen molar-refractivity contribution in [3.8, 4) is 0 Å². The zero-order valence-corrected chi connectivity index (χ0v) is 15.2. The maximum absolute atomic E-state index is 12.9. The molecule has 0 saturated carbocycles. The van der Waals surface area contributed by atoms with E-state index in [0.29, 0.717) is 14.9 Å². The van der Waals surface area contributed by atoms with Crippen LogP contribution in [0.5, 0.6) is 0 Å². The Hall–Kier alpha value is -1.07. The van der Waals surface area contributed by atoms with E-state index in [1.165, 1.54) is 4.31 Å². The van der Waals surface area contributed by atoms with Crippen LogP contribution < -0.4 is 0 Å². The topological polar surface area (TPSA) is 37.1 Å². The van der Waals surface area contributed by atoms with E-state index < -0.39 is 10.0 Å². The molecule has 2 aromatic rings. The molecule has 3 atom stereocenters. The SMILES string of the molecule is CCC1C(c2ccc(Cl)cc2Cl)N1S(=O)(=O)c1ccc(C)cc1. The molecule has 122 valence electrons. The van der Waals surface area contributed by atoms with Crippen LogP contribution >= 0.6 is 23.2 Å². The average Bonchev–Trinajstić information content (AvgIpc) is 3.22. The van der Waals surface area contributed by atoms with Crippen molar-refractivity contribution < 1.29 is 8.42 Å². The molecule has 3 unspecified atom stereocenters. The molecule has 1 heterocycles. The third kappa shape index (κ3) is 3.01. The maximum Gasteiger partial charge on any atom is 0.244 e. The number of rotatable bonds is 4. The van der Waals surface area contributed by atoms with Crippen LogP contribution in [0.1, 0.15) is 30.5 Å². The van der Waals surface area contributed by atoms with E-state index in [2.05, 4.69) is 0 Å². The predicted molar refractivity (Wildman–Crippen MR) is 93.5 cm³/mol. The van der Waals surface area contributed by atoms with Crippen molar-refractivity contribution in [2.24, 2.45) is 0 Å². The van der Waals surface area contributed by atoms with Crippen LogP contribution in [-0.4, -0.2) is 18.8 Å². The second-order valence-electron chi connectivity index (χ2n) is 5.73. The highest BCUT2D eigenvalue weighted by molar-refractivity contribution is 7.89. The number of aryl methyl sites for hydroxylation is 1. The lowest BCUT2D eigenvalue weighted by Gasteiger charge is -2.08. The normalized spacial score (nSPS) is 23.7. The molecule has 1 aliphatic rings. The van der Waals surface area contributed by atoms with E-state index >= 15 is 0 Å². The van der Waals surface area contributed by atoms with Crippen molar-refractivity contribution in [2.45, 2.75) is 37.2 Å². The van der Waals surface area contributed by atoms with Crippen molar-refractivity contribution >= 4 is 33.2 Å². The zero-order chi connectivity index (χ0) is 16.8. The van der Waals surface area contributed by atoms with Gasteiger partial charge in [0.05, 0.1) is 10.9 Å². The summed E-state index contributed by atoms with van der Waals surface area (Å²) in [5.41, 5.74) is 1.83. The summed E-state index contributed by atoms with van der Waals surface area (Å²) in [5.74, 6) is 0. The molecule has 23 heavy (non-hydrogen) atoms. The fourth-order valence-corrected chi connectivity index (χ4v) is 5.27. The first-order chi connectivity index (χ1) is 10.9. The third-order valence-corrected chi connectivity index (χ3v) is 6.65. The van der Waals surface area contributed by atoms with Crippen LogP contribution in [-0.2, 0) is 10.0 Å². The highest BCUT2D eigenvalue weighted by Gasteiger charge is 2.55. The highest BCUT2D eigenvalue weighted by atomic mass is 35.5. The lowest BCUT2D eigenvalue weighted by Crippen LogP contribution is -2.15. The van der Waals surface area contributed by atoms with Gasteiger partial charge in [0.2, 0.25) is 10.0 Å². The summed E-state index contributed by atoms with van der Waals surface area (Å²) >= 11 is 12.2. The van der Waals surface area contributed by atoms with Crippen molar-refractivity contribution in [2.75, 3.05) is 0 Å². The molecule has 0 radical (unpaired) electrons. The number of benzene rings is 2. The van der Waals surface area contributed by atoms with E-state index in [4.69, 9.17) is 23.2 Å². The summed E-state index contributed by atoms with van der Waals surface area (Å²) < 4.78 is 27.3. The minimum atomic E-state index is -3.53. The van der Waals surface area contributed by atoms with Gasteiger partial charge in [-0.2, -0.15) is 4.31 Å². The van der Waals surface area contributed by atoms with E-state index in [1.54, 1.807) is 24.3 Å². The van der Waals surface area contributed by atoms with Gasteiger partial charge in [-0.1, -0.05) is 53.9 Å². The fraction of sp³-hybridized carbons (Fsp3) is 0.294. The second kappa shape index (κ2) is 6.10. The van der Waals surface area contributed by atoms with Gasteiger partial charge in [-0.25, -0.2) is 8.42 Å². The highest BCUT2D eigenvalue weighted by Crippen LogP contribution is 2.51. The lowest BCUT2D eigenvalue weighted by atomic mass is 10.1. The van der Waals surface area contributed by atoms with Gasteiger partial charge in [0.1, 0.15) is 0 Å². The summed E-state index contributed by atoms with van der Waals surface area (Å²) in [6, 6.07) is 11.8. The molecule has 3 rings (SSSR count). The molecule has 0 amide bonds. The van der Waals surface area contributed by atoms with E-state index in [-0.39, 0.29) is 12.1 Å². The first-order valence-electron chi connectivity index (χ1n) is 7.41. The Morgan fingerprint density at radius 2 is 1.74 bits per heavy atom. The number of nitrogens with zero attached hydrogens (tertiary/aromatic N) is 1. The summed E-state index contributed by atoms with van der Waals surface area (Å²) in [4.78, 5) is 0.314. The average molecular weight is 370 g/mol. The largest absolute Gasteiger partial charge is 0.244 e. The first kappa shape index (κ1) is 16.8. The quantitative estimate of drug-likeness (QED) is 0.723. The molecular formula is C17H17Cl2NO2S. The van der Waals surface area contributed by atoms with Gasteiger partial charge in [-0.05, 0) is 43.2 Å². The minimum Gasteiger partial charge on any atom is -0.207 e. The monoisotopic (exact) mass is 369 g/mol. The first-order valence-corrected chi connectivity index (χ1v) is 9.61. The summed E-state index contributed by atoms with van der Waals surface area (Å²) in [6.07, 6.45) is 0.731. The second-order valence-corrected chi connectivity index (χ2v) is 8.42. The molecule has 0 N–H and O–H groups in total. The van der Waals surface area contributed by atoms with Crippen LogP contribution in [0.15, 0.2) is 47.4 Å². The van der Waals surface area contributed by atoms with Gasteiger partial charge in [0.15, 0.2) is 0 Å². The molecule has 0 aromatic heterocycles. The summed E-state index contributed by atoms with van der Waals surface area (Å²) in [5, 5.41) is 1.04. The Morgan fingerprint density at radius 1 is 1.09 bits per heavy atom. The molecule has 1 aliphatic heterocycles. The molecule has 0 aliphatic carbocycles. The Labute approximate surface area is 146 Å². The molecule has 1 fully saturated rings. The minimum absolute atomic E-state index is 0.0695. The van der Waals surface area contributed by atoms with Crippen LogP contribution in [0.25, 0.3) is 0 Å². The van der Waals surface area contributed by atoms with Gasteiger partial charge < -0.3 is 0 Å². The number of hydrogen-bond donors (Lipinski definition) is 0. The van der Waals surface area contributed by atoms with E-state index in [9.17, 15) is 8.42 Å². The Balaban J connectivity index is 1.97. The molecule has 0 bridgehead atoms. The van der Waals surface area contributed by atoms with E-state index in [0.717, 1.165) is 17.5 Å². The molecule has 6 heteroatoms.